The lowest BCUT2D eigenvalue weighted by molar-refractivity contribution is -0.120. The fourth-order valence-electron chi connectivity index (χ4n) is 2.75. The largest absolute Gasteiger partial charge is 0.497 e. The molecule has 0 atom stereocenters. The SMILES string of the molecule is COc1cc(OC)cc(C(=O)N2CCN(CCC(=O)NC(N)=O)CC2)c1. The highest BCUT2D eigenvalue weighted by Crippen LogP contribution is 2.23. The quantitative estimate of drug-likeness (QED) is 0.737. The second-order valence-corrected chi connectivity index (χ2v) is 5.90. The first kappa shape index (κ1) is 19.5. The molecule has 1 aliphatic rings. The van der Waals surface area contributed by atoms with E-state index in [2.05, 4.69) is 4.90 Å². The van der Waals surface area contributed by atoms with Crippen molar-refractivity contribution in [3.8, 4) is 11.5 Å². The zero-order chi connectivity index (χ0) is 19.1. The van der Waals surface area contributed by atoms with Gasteiger partial charge < -0.3 is 20.1 Å². The number of ether oxygens (including phenoxy) is 2. The summed E-state index contributed by atoms with van der Waals surface area (Å²) in [7, 11) is 3.08. The first-order valence-electron chi connectivity index (χ1n) is 8.27. The number of piperazine rings is 1. The van der Waals surface area contributed by atoms with Crippen molar-refractivity contribution in [2.45, 2.75) is 6.42 Å². The van der Waals surface area contributed by atoms with Crippen LogP contribution in [0.15, 0.2) is 18.2 Å². The summed E-state index contributed by atoms with van der Waals surface area (Å²) in [6.45, 7) is 2.91. The van der Waals surface area contributed by atoms with Gasteiger partial charge in [-0.3, -0.25) is 19.8 Å². The number of hydrogen-bond donors (Lipinski definition) is 2. The molecular weight excluding hydrogens is 340 g/mol. The Kier molecular flexibility index (Phi) is 6.79. The summed E-state index contributed by atoms with van der Waals surface area (Å²) in [6, 6.07) is 4.24. The van der Waals surface area contributed by atoms with Crippen molar-refractivity contribution < 1.29 is 23.9 Å². The third-order valence-electron chi connectivity index (χ3n) is 4.18. The maximum atomic E-state index is 12.7. The molecule has 2 rings (SSSR count). The van der Waals surface area contributed by atoms with Gasteiger partial charge in [0.2, 0.25) is 5.91 Å². The molecule has 142 valence electrons. The summed E-state index contributed by atoms with van der Waals surface area (Å²) in [4.78, 5) is 38.6. The molecule has 26 heavy (non-hydrogen) atoms. The number of hydrogen-bond acceptors (Lipinski definition) is 6. The third kappa shape index (κ3) is 5.35. The molecule has 1 aromatic carbocycles. The highest BCUT2D eigenvalue weighted by molar-refractivity contribution is 5.95. The van der Waals surface area contributed by atoms with Crippen molar-refractivity contribution in [1.82, 2.24) is 15.1 Å². The standard InChI is InChI=1S/C17H24N4O5/c1-25-13-9-12(10-14(11-13)26-2)16(23)21-7-5-20(6-8-21)4-3-15(22)19-17(18)24/h9-11H,3-8H2,1-2H3,(H3,18,19,22,24). The molecule has 9 nitrogen and oxygen atoms in total. The van der Waals surface area contributed by atoms with Gasteiger partial charge in [-0.25, -0.2) is 4.79 Å². The smallest absolute Gasteiger partial charge is 0.318 e. The fraction of sp³-hybridized carbons (Fsp3) is 0.471. The van der Waals surface area contributed by atoms with E-state index in [1.54, 1.807) is 23.1 Å². The molecule has 1 heterocycles. The van der Waals surface area contributed by atoms with Crippen molar-refractivity contribution in [3.05, 3.63) is 23.8 Å². The first-order chi connectivity index (χ1) is 12.4. The molecule has 9 heteroatoms. The van der Waals surface area contributed by atoms with Crippen LogP contribution in [0.3, 0.4) is 0 Å². The van der Waals surface area contributed by atoms with Crippen molar-refractivity contribution in [2.24, 2.45) is 5.73 Å². The predicted octanol–water partition coefficient (Wildman–Crippen LogP) is 0.0466. The number of urea groups is 1. The lowest BCUT2D eigenvalue weighted by Gasteiger charge is -2.34. The van der Waals surface area contributed by atoms with Crippen LogP contribution in [0.25, 0.3) is 0 Å². The molecule has 0 aromatic heterocycles. The highest BCUT2D eigenvalue weighted by atomic mass is 16.5. The molecule has 0 bridgehead atoms. The van der Waals surface area contributed by atoms with Gasteiger partial charge in [-0.2, -0.15) is 0 Å². The maximum Gasteiger partial charge on any atom is 0.318 e. The van der Waals surface area contributed by atoms with E-state index in [0.717, 1.165) is 0 Å². The van der Waals surface area contributed by atoms with Crippen LogP contribution in [0.4, 0.5) is 4.79 Å². The van der Waals surface area contributed by atoms with Gasteiger partial charge in [0.05, 0.1) is 14.2 Å². The summed E-state index contributed by atoms with van der Waals surface area (Å²) in [5, 5.41) is 2.04. The number of nitrogens with two attached hydrogens (primary N) is 1. The van der Waals surface area contributed by atoms with Crippen LogP contribution in [-0.4, -0.2) is 74.6 Å². The monoisotopic (exact) mass is 364 g/mol. The number of carbonyl (C=O) groups excluding carboxylic acids is 3. The van der Waals surface area contributed by atoms with Gasteiger partial charge >= 0.3 is 6.03 Å². The zero-order valence-corrected chi connectivity index (χ0v) is 15.0. The van der Waals surface area contributed by atoms with Gasteiger partial charge in [0.15, 0.2) is 0 Å². The Morgan fingerprint density at radius 3 is 2.12 bits per heavy atom. The van der Waals surface area contributed by atoms with E-state index in [4.69, 9.17) is 15.2 Å². The summed E-state index contributed by atoms with van der Waals surface area (Å²) in [5.41, 5.74) is 5.41. The summed E-state index contributed by atoms with van der Waals surface area (Å²) >= 11 is 0. The number of imide groups is 1. The van der Waals surface area contributed by atoms with Crippen LogP contribution in [0, 0.1) is 0 Å². The second kappa shape index (κ2) is 9.04. The number of rotatable bonds is 6. The van der Waals surface area contributed by atoms with Gasteiger partial charge in [0.25, 0.3) is 5.91 Å². The van der Waals surface area contributed by atoms with Gasteiger partial charge in [0.1, 0.15) is 11.5 Å². The molecule has 1 aromatic rings. The topological polar surface area (TPSA) is 114 Å². The van der Waals surface area contributed by atoms with Gasteiger partial charge in [-0.05, 0) is 12.1 Å². The van der Waals surface area contributed by atoms with Crippen LogP contribution in [0.5, 0.6) is 11.5 Å². The number of carbonyl (C=O) groups is 3. The van der Waals surface area contributed by atoms with Gasteiger partial charge in [0, 0.05) is 50.8 Å². The normalized spacial score (nSPS) is 14.6. The van der Waals surface area contributed by atoms with Gasteiger partial charge in [-0.15, -0.1) is 0 Å². The Morgan fingerprint density at radius 2 is 1.62 bits per heavy atom. The number of nitrogens with one attached hydrogen (secondary N) is 1. The number of methoxy groups -OCH3 is 2. The molecule has 1 fully saturated rings. The Balaban J connectivity index is 1.88. The molecule has 0 radical (unpaired) electrons. The molecule has 0 saturated carbocycles. The zero-order valence-electron chi connectivity index (χ0n) is 15.0. The maximum absolute atomic E-state index is 12.7. The van der Waals surface area contributed by atoms with Gasteiger partial charge in [-0.1, -0.05) is 0 Å². The third-order valence-corrected chi connectivity index (χ3v) is 4.18. The number of nitrogens with zero attached hydrogens (tertiary/aromatic N) is 2. The van der Waals surface area contributed by atoms with Crippen molar-refractivity contribution in [1.29, 1.82) is 0 Å². The van der Waals surface area contributed by atoms with Crippen LogP contribution >= 0.6 is 0 Å². The number of primary amides is 1. The van der Waals surface area contributed by atoms with Crippen molar-refractivity contribution in [3.63, 3.8) is 0 Å². The first-order valence-corrected chi connectivity index (χ1v) is 8.27. The molecular formula is C17H24N4O5. The van der Waals surface area contributed by atoms with Crippen LogP contribution in [0.2, 0.25) is 0 Å². The van der Waals surface area contributed by atoms with Crippen molar-refractivity contribution in [2.75, 3.05) is 46.9 Å². The molecule has 0 unspecified atom stereocenters. The molecule has 0 aliphatic carbocycles. The minimum Gasteiger partial charge on any atom is -0.497 e. The summed E-state index contributed by atoms with van der Waals surface area (Å²) in [5.74, 6) is 0.631. The Hall–Kier alpha value is -2.81. The van der Waals surface area contributed by atoms with Crippen LogP contribution < -0.4 is 20.5 Å². The summed E-state index contributed by atoms with van der Waals surface area (Å²) < 4.78 is 10.4. The molecule has 0 spiro atoms. The molecule has 4 amide bonds. The minimum absolute atomic E-state index is 0.0895. The van der Waals surface area contributed by atoms with E-state index in [9.17, 15) is 14.4 Å². The lowest BCUT2D eigenvalue weighted by Crippen LogP contribution is -2.49. The fourth-order valence-corrected chi connectivity index (χ4v) is 2.75. The average molecular weight is 364 g/mol. The minimum atomic E-state index is -0.848. The van der Waals surface area contributed by atoms with E-state index < -0.39 is 11.9 Å². The predicted molar refractivity (Wildman–Crippen MR) is 94.2 cm³/mol. The van der Waals surface area contributed by atoms with Crippen LogP contribution in [0.1, 0.15) is 16.8 Å². The Morgan fingerprint density at radius 1 is 1.04 bits per heavy atom. The van der Waals surface area contributed by atoms with E-state index >= 15 is 0 Å². The van der Waals surface area contributed by atoms with Crippen molar-refractivity contribution >= 4 is 17.8 Å². The Bertz CT molecular complexity index is 649. The molecule has 1 aliphatic heterocycles. The Labute approximate surface area is 152 Å². The van der Waals surface area contributed by atoms with E-state index in [0.29, 0.717) is 49.8 Å². The van der Waals surface area contributed by atoms with E-state index in [1.807, 2.05) is 5.32 Å². The molecule has 1 saturated heterocycles. The number of amides is 4. The number of benzene rings is 1. The second-order valence-electron chi connectivity index (χ2n) is 5.90. The molecule has 3 N–H and O–H groups in total. The van der Waals surface area contributed by atoms with E-state index in [1.165, 1.54) is 14.2 Å². The summed E-state index contributed by atoms with van der Waals surface area (Å²) in [6.07, 6.45) is 0.184. The lowest BCUT2D eigenvalue weighted by atomic mass is 10.1. The average Bonchev–Trinajstić information content (AvgIpc) is 2.65. The van der Waals surface area contributed by atoms with Crippen LogP contribution in [-0.2, 0) is 4.79 Å². The van der Waals surface area contributed by atoms with E-state index in [-0.39, 0.29) is 12.3 Å². The highest BCUT2D eigenvalue weighted by Gasteiger charge is 2.23.